The van der Waals surface area contributed by atoms with Gasteiger partial charge in [-0.15, -0.1) is 0 Å². The van der Waals surface area contributed by atoms with Crippen molar-refractivity contribution in [2.24, 2.45) is 0 Å². The van der Waals surface area contributed by atoms with E-state index in [1.54, 1.807) is 26.0 Å². The molecule has 1 aliphatic rings. The molecule has 1 aliphatic heterocycles. The molecule has 1 aromatic carbocycles. The highest BCUT2D eigenvalue weighted by molar-refractivity contribution is 7.16. The predicted octanol–water partition coefficient (Wildman–Crippen LogP) is 2.14. The second kappa shape index (κ2) is 4.28. The standard InChI is InChI=1S/C15H16O4S/c1-7-6-10(16)20-13-8(7)4-5-9-11(13)12(17)14(18)15(2,3)19-9/h4-6,12,14,17-18H,1-3H3/t12-,14-/m1/s1. The first-order valence-corrected chi connectivity index (χ1v) is 7.25. The molecule has 0 saturated carbocycles. The zero-order valence-corrected chi connectivity index (χ0v) is 12.3. The number of aliphatic hydroxyl groups excluding tert-OH is 2. The Kier molecular flexibility index (Phi) is 2.90. The van der Waals surface area contributed by atoms with E-state index < -0.39 is 17.8 Å². The molecule has 106 valence electrons. The topological polar surface area (TPSA) is 66.8 Å². The molecule has 0 fully saturated rings. The van der Waals surface area contributed by atoms with Crippen LogP contribution in [0.15, 0.2) is 23.0 Å². The molecular weight excluding hydrogens is 276 g/mol. The fourth-order valence-electron chi connectivity index (χ4n) is 2.64. The van der Waals surface area contributed by atoms with Crippen LogP contribution in [0.25, 0.3) is 10.1 Å². The van der Waals surface area contributed by atoms with Crippen molar-refractivity contribution in [2.75, 3.05) is 0 Å². The highest BCUT2D eigenvalue weighted by Gasteiger charge is 2.43. The number of hydrogen-bond donors (Lipinski definition) is 2. The van der Waals surface area contributed by atoms with Gasteiger partial charge in [-0.2, -0.15) is 0 Å². The second-order valence-corrected chi connectivity index (χ2v) is 6.71. The normalized spacial score (nSPS) is 24.2. The maximum atomic E-state index is 11.7. The van der Waals surface area contributed by atoms with E-state index in [0.717, 1.165) is 22.3 Å². The van der Waals surface area contributed by atoms with Gasteiger partial charge in [0.15, 0.2) is 0 Å². The van der Waals surface area contributed by atoms with Crippen molar-refractivity contribution in [3.63, 3.8) is 0 Å². The average Bonchev–Trinajstić information content (AvgIpc) is 2.34. The minimum atomic E-state index is -1.06. The molecule has 3 rings (SSSR count). The Morgan fingerprint density at radius 2 is 2.00 bits per heavy atom. The number of rotatable bonds is 0. The van der Waals surface area contributed by atoms with Crippen LogP contribution in [0.3, 0.4) is 0 Å². The van der Waals surface area contributed by atoms with Crippen LogP contribution in [0.5, 0.6) is 5.75 Å². The van der Waals surface area contributed by atoms with Crippen LogP contribution in [0.1, 0.15) is 31.1 Å². The van der Waals surface area contributed by atoms with Crippen LogP contribution in [0.4, 0.5) is 0 Å². The molecule has 1 aromatic heterocycles. The first kappa shape index (κ1) is 13.5. The molecule has 0 amide bonds. The number of hydrogen-bond acceptors (Lipinski definition) is 5. The lowest BCUT2D eigenvalue weighted by Crippen LogP contribution is -2.48. The van der Waals surface area contributed by atoms with Gasteiger partial charge in [0.1, 0.15) is 23.6 Å². The van der Waals surface area contributed by atoms with Gasteiger partial charge >= 0.3 is 0 Å². The molecule has 4 nitrogen and oxygen atoms in total. The van der Waals surface area contributed by atoms with Crippen LogP contribution in [0, 0.1) is 6.92 Å². The summed E-state index contributed by atoms with van der Waals surface area (Å²) in [4.78, 5) is 11.7. The van der Waals surface area contributed by atoms with Crippen molar-refractivity contribution in [2.45, 2.75) is 38.6 Å². The van der Waals surface area contributed by atoms with Crippen LogP contribution >= 0.6 is 11.3 Å². The van der Waals surface area contributed by atoms with Crippen molar-refractivity contribution in [3.05, 3.63) is 38.9 Å². The molecule has 0 bridgehead atoms. The summed E-state index contributed by atoms with van der Waals surface area (Å²) in [5.41, 5.74) is 0.507. The molecule has 0 aliphatic carbocycles. The van der Waals surface area contributed by atoms with Crippen LogP contribution in [0.2, 0.25) is 0 Å². The van der Waals surface area contributed by atoms with Gasteiger partial charge in [-0.1, -0.05) is 11.3 Å². The monoisotopic (exact) mass is 292 g/mol. The van der Waals surface area contributed by atoms with Gasteiger partial charge in [-0.05, 0) is 49.9 Å². The highest BCUT2D eigenvalue weighted by atomic mass is 32.1. The minimum Gasteiger partial charge on any atom is -0.485 e. The largest absolute Gasteiger partial charge is 0.485 e. The van der Waals surface area contributed by atoms with E-state index in [0.29, 0.717) is 16.0 Å². The summed E-state index contributed by atoms with van der Waals surface area (Å²) >= 11 is 1.07. The van der Waals surface area contributed by atoms with Crippen molar-refractivity contribution >= 4 is 21.4 Å². The molecule has 5 heteroatoms. The number of benzene rings is 1. The summed E-state index contributed by atoms with van der Waals surface area (Å²) in [6.07, 6.45) is -2.10. The molecule has 2 heterocycles. The summed E-state index contributed by atoms with van der Waals surface area (Å²) in [5.74, 6) is 0.529. The lowest BCUT2D eigenvalue weighted by Gasteiger charge is -2.40. The average molecular weight is 292 g/mol. The molecule has 0 unspecified atom stereocenters. The van der Waals surface area contributed by atoms with E-state index in [9.17, 15) is 15.0 Å². The van der Waals surface area contributed by atoms with Crippen LogP contribution in [-0.4, -0.2) is 21.9 Å². The van der Waals surface area contributed by atoms with Crippen molar-refractivity contribution in [1.82, 2.24) is 0 Å². The van der Waals surface area contributed by atoms with E-state index in [1.807, 2.05) is 13.0 Å². The van der Waals surface area contributed by atoms with Crippen molar-refractivity contribution < 1.29 is 14.9 Å². The third kappa shape index (κ3) is 1.85. The fourth-order valence-corrected chi connectivity index (χ4v) is 3.74. The van der Waals surface area contributed by atoms with E-state index in [4.69, 9.17) is 4.74 Å². The summed E-state index contributed by atoms with van der Waals surface area (Å²) in [6.45, 7) is 5.32. The zero-order chi connectivity index (χ0) is 14.7. The number of fused-ring (bicyclic) bond motifs is 3. The summed E-state index contributed by atoms with van der Waals surface area (Å²) in [5, 5.41) is 21.5. The van der Waals surface area contributed by atoms with Crippen molar-refractivity contribution in [3.8, 4) is 5.75 Å². The zero-order valence-electron chi connectivity index (χ0n) is 11.5. The fraction of sp³-hybridized carbons (Fsp3) is 0.400. The minimum absolute atomic E-state index is 0.0741. The van der Waals surface area contributed by atoms with E-state index in [2.05, 4.69) is 0 Å². The van der Waals surface area contributed by atoms with Gasteiger partial charge in [0, 0.05) is 10.3 Å². The molecule has 0 radical (unpaired) electrons. The van der Waals surface area contributed by atoms with Crippen molar-refractivity contribution in [1.29, 1.82) is 0 Å². The maximum Gasteiger partial charge on any atom is 0.233 e. The molecule has 2 N–H and O–H groups in total. The first-order chi connectivity index (χ1) is 9.31. The molecule has 20 heavy (non-hydrogen) atoms. The highest BCUT2D eigenvalue weighted by Crippen LogP contribution is 2.44. The number of aryl methyl sites for hydroxylation is 1. The lowest BCUT2D eigenvalue weighted by molar-refractivity contribution is -0.110. The Morgan fingerprint density at radius 3 is 2.70 bits per heavy atom. The SMILES string of the molecule is Cc1cc(=O)sc2c3c(ccc12)OC(C)(C)[C@H](O)[C@@H]3O. The van der Waals surface area contributed by atoms with Gasteiger partial charge in [-0.3, -0.25) is 4.79 Å². The Balaban J connectivity index is 2.37. The number of ether oxygens (including phenoxy) is 1. The summed E-state index contributed by atoms with van der Waals surface area (Å²) < 4.78 is 6.40. The second-order valence-electron chi connectivity index (χ2n) is 5.70. The van der Waals surface area contributed by atoms with Gasteiger partial charge in [0.05, 0.1) is 0 Å². The van der Waals surface area contributed by atoms with Crippen LogP contribution in [-0.2, 0) is 0 Å². The molecule has 0 saturated heterocycles. The molecule has 2 aromatic rings. The Morgan fingerprint density at radius 1 is 1.30 bits per heavy atom. The third-order valence-corrected chi connectivity index (χ3v) is 4.76. The van der Waals surface area contributed by atoms with E-state index in [-0.39, 0.29) is 4.74 Å². The molecule has 0 spiro atoms. The van der Waals surface area contributed by atoms with Gasteiger partial charge in [0.25, 0.3) is 0 Å². The lowest BCUT2D eigenvalue weighted by atomic mass is 9.88. The molecular formula is C15H16O4S. The van der Waals surface area contributed by atoms with Gasteiger partial charge < -0.3 is 14.9 Å². The van der Waals surface area contributed by atoms with E-state index in [1.165, 1.54) is 0 Å². The van der Waals surface area contributed by atoms with Gasteiger partial charge in [-0.25, -0.2) is 0 Å². The summed E-state index contributed by atoms with van der Waals surface area (Å²) in [7, 11) is 0. The number of aliphatic hydroxyl groups is 2. The van der Waals surface area contributed by atoms with Gasteiger partial charge in [0.2, 0.25) is 4.74 Å². The Labute approximate surface area is 120 Å². The quantitative estimate of drug-likeness (QED) is 0.780. The van der Waals surface area contributed by atoms with E-state index >= 15 is 0 Å². The maximum absolute atomic E-state index is 11.7. The summed E-state index contributed by atoms with van der Waals surface area (Å²) in [6, 6.07) is 5.26. The van der Waals surface area contributed by atoms with Crippen LogP contribution < -0.4 is 9.48 Å². The smallest absolute Gasteiger partial charge is 0.233 e. The first-order valence-electron chi connectivity index (χ1n) is 6.44. The Bertz CT molecular complexity index is 747. The Hall–Kier alpha value is -1.43. The molecule has 2 atom stereocenters. The predicted molar refractivity (Wildman–Crippen MR) is 78.5 cm³/mol. The third-order valence-electron chi connectivity index (χ3n) is 3.80.